The maximum Gasteiger partial charge on any atom is 0.182 e. The number of hydrogen-bond acceptors (Lipinski definition) is 2. The van der Waals surface area contributed by atoms with Crippen LogP contribution in [0.2, 0.25) is 10.0 Å². The van der Waals surface area contributed by atoms with Crippen molar-refractivity contribution in [3.8, 4) is 0 Å². The lowest BCUT2D eigenvalue weighted by atomic mass is 10.3. The van der Waals surface area contributed by atoms with E-state index in [1.165, 1.54) is 6.39 Å². The van der Waals surface area contributed by atoms with Crippen molar-refractivity contribution in [3.63, 3.8) is 0 Å². The molecule has 0 amide bonds. The fraction of sp³-hybridized carbons (Fsp3) is 0. The van der Waals surface area contributed by atoms with Crippen LogP contribution in [0.5, 0.6) is 0 Å². The number of fused-ring (bicyclic) bond motifs is 1. The molecule has 1 aromatic carbocycles. The summed E-state index contributed by atoms with van der Waals surface area (Å²) in [6.07, 6.45) is 1.34. The molecule has 2 aromatic rings. The number of aromatic nitrogens is 1. The Kier molecular flexibility index (Phi) is 1.51. The van der Waals surface area contributed by atoms with E-state index in [2.05, 4.69) is 4.98 Å². The molecule has 0 unspecified atom stereocenters. The summed E-state index contributed by atoms with van der Waals surface area (Å²) in [5, 5.41) is 1.07. The molecule has 0 N–H and O–H groups in total. The highest BCUT2D eigenvalue weighted by atomic mass is 35.5. The van der Waals surface area contributed by atoms with E-state index in [1.807, 2.05) is 0 Å². The number of hydrogen-bond donors (Lipinski definition) is 0. The summed E-state index contributed by atoms with van der Waals surface area (Å²) in [5.41, 5.74) is 1.26. The Morgan fingerprint density at radius 2 is 2.09 bits per heavy atom. The molecule has 2 rings (SSSR count). The Labute approximate surface area is 72.7 Å². The number of halogens is 2. The molecule has 0 saturated carbocycles. The van der Waals surface area contributed by atoms with Gasteiger partial charge in [-0.2, -0.15) is 0 Å². The Morgan fingerprint density at radius 3 is 2.91 bits per heavy atom. The normalized spacial score (nSPS) is 10.7. The third-order valence-corrected chi connectivity index (χ3v) is 1.86. The van der Waals surface area contributed by atoms with Gasteiger partial charge >= 0.3 is 0 Å². The van der Waals surface area contributed by atoms with E-state index in [0.717, 1.165) is 0 Å². The number of oxazole rings is 1. The van der Waals surface area contributed by atoms with E-state index in [0.29, 0.717) is 21.1 Å². The van der Waals surface area contributed by atoms with Crippen LogP contribution in [0.3, 0.4) is 0 Å². The number of benzene rings is 1. The molecule has 56 valence electrons. The largest absolute Gasteiger partial charge is 0.443 e. The van der Waals surface area contributed by atoms with Crippen LogP contribution in [0.1, 0.15) is 0 Å². The highest BCUT2D eigenvalue weighted by Gasteiger charge is 2.03. The molecule has 1 heterocycles. The molecule has 4 heteroatoms. The Morgan fingerprint density at radius 1 is 1.27 bits per heavy atom. The summed E-state index contributed by atoms with van der Waals surface area (Å²) >= 11 is 11.5. The first kappa shape index (κ1) is 6.95. The Balaban J connectivity index is 2.91. The molecule has 0 bridgehead atoms. The molecule has 0 fully saturated rings. The van der Waals surface area contributed by atoms with Gasteiger partial charge in [0.2, 0.25) is 0 Å². The average molecular weight is 188 g/mol. The summed E-state index contributed by atoms with van der Waals surface area (Å²) < 4.78 is 5.00. The van der Waals surface area contributed by atoms with Crippen molar-refractivity contribution in [3.05, 3.63) is 28.6 Å². The van der Waals surface area contributed by atoms with Crippen LogP contribution in [0.15, 0.2) is 22.9 Å². The summed E-state index contributed by atoms with van der Waals surface area (Å²) in [7, 11) is 0. The number of rotatable bonds is 0. The van der Waals surface area contributed by atoms with Crippen LogP contribution in [-0.4, -0.2) is 4.98 Å². The van der Waals surface area contributed by atoms with E-state index < -0.39 is 0 Å². The second-order valence-corrected chi connectivity index (χ2v) is 2.93. The lowest BCUT2D eigenvalue weighted by Gasteiger charge is -1.91. The van der Waals surface area contributed by atoms with Gasteiger partial charge in [-0.15, -0.1) is 0 Å². The van der Waals surface area contributed by atoms with Crippen LogP contribution < -0.4 is 0 Å². The third kappa shape index (κ3) is 1.08. The van der Waals surface area contributed by atoms with Crippen LogP contribution >= 0.6 is 23.2 Å². The maximum absolute atomic E-state index is 5.80. The van der Waals surface area contributed by atoms with Crippen molar-refractivity contribution in [2.75, 3.05) is 0 Å². The van der Waals surface area contributed by atoms with Crippen molar-refractivity contribution in [2.45, 2.75) is 0 Å². The predicted molar refractivity (Wildman–Crippen MR) is 44.0 cm³/mol. The Hall–Kier alpha value is -0.730. The first-order valence-electron chi connectivity index (χ1n) is 2.95. The average Bonchev–Trinajstić information content (AvgIpc) is 2.34. The fourth-order valence-electron chi connectivity index (χ4n) is 0.893. The summed E-state index contributed by atoms with van der Waals surface area (Å²) in [6, 6.07) is 3.31. The minimum atomic E-state index is 0.515. The van der Waals surface area contributed by atoms with Gasteiger partial charge in [0, 0.05) is 11.1 Å². The highest BCUT2D eigenvalue weighted by Crippen LogP contribution is 2.26. The third-order valence-electron chi connectivity index (χ3n) is 1.35. The van der Waals surface area contributed by atoms with Gasteiger partial charge in [0.1, 0.15) is 5.52 Å². The zero-order valence-corrected chi connectivity index (χ0v) is 6.86. The first-order chi connectivity index (χ1) is 5.27. The zero-order chi connectivity index (χ0) is 7.84. The molecule has 0 aliphatic carbocycles. The van der Waals surface area contributed by atoms with E-state index in [1.54, 1.807) is 12.1 Å². The van der Waals surface area contributed by atoms with Gasteiger partial charge in [0.05, 0.1) is 5.02 Å². The van der Waals surface area contributed by atoms with E-state index in [9.17, 15) is 0 Å². The number of nitrogens with zero attached hydrogens (tertiary/aromatic N) is 1. The molecule has 2 nitrogen and oxygen atoms in total. The van der Waals surface area contributed by atoms with Gasteiger partial charge in [-0.3, -0.25) is 0 Å². The summed E-state index contributed by atoms with van der Waals surface area (Å²) in [4.78, 5) is 3.90. The van der Waals surface area contributed by atoms with E-state index in [-0.39, 0.29) is 0 Å². The molecule has 0 spiro atoms. The van der Waals surface area contributed by atoms with Crippen LogP contribution in [-0.2, 0) is 0 Å². The van der Waals surface area contributed by atoms with Gasteiger partial charge in [0.15, 0.2) is 12.0 Å². The lowest BCUT2D eigenvalue weighted by Crippen LogP contribution is -1.70. The zero-order valence-electron chi connectivity index (χ0n) is 5.34. The van der Waals surface area contributed by atoms with Crippen LogP contribution in [0, 0.1) is 0 Å². The van der Waals surface area contributed by atoms with Crippen molar-refractivity contribution >= 4 is 34.3 Å². The molecular formula is C7H3Cl2NO. The van der Waals surface area contributed by atoms with Gasteiger partial charge in [-0.05, 0) is 6.07 Å². The SMILES string of the molecule is Clc1cc(Cl)c2ncoc2c1. The fourth-order valence-corrected chi connectivity index (χ4v) is 1.42. The molecule has 0 saturated heterocycles. The van der Waals surface area contributed by atoms with Gasteiger partial charge < -0.3 is 4.42 Å². The standard InChI is InChI=1S/C7H3Cl2NO/c8-4-1-5(9)7-6(2-4)11-3-10-7/h1-3H. The van der Waals surface area contributed by atoms with Crippen molar-refractivity contribution in [1.82, 2.24) is 4.98 Å². The van der Waals surface area contributed by atoms with Crippen molar-refractivity contribution in [1.29, 1.82) is 0 Å². The maximum atomic E-state index is 5.80. The topological polar surface area (TPSA) is 26.0 Å². The van der Waals surface area contributed by atoms with Crippen molar-refractivity contribution in [2.24, 2.45) is 0 Å². The monoisotopic (exact) mass is 187 g/mol. The summed E-state index contributed by atoms with van der Waals surface area (Å²) in [6.45, 7) is 0. The van der Waals surface area contributed by atoms with Crippen molar-refractivity contribution < 1.29 is 4.42 Å². The molecule has 0 aliphatic heterocycles. The molecule has 0 aliphatic rings. The second-order valence-electron chi connectivity index (χ2n) is 2.09. The predicted octanol–water partition coefficient (Wildman–Crippen LogP) is 3.13. The minimum absolute atomic E-state index is 0.515. The smallest absolute Gasteiger partial charge is 0.182 e. The van der Waals surface area contributed by atoms with Crippen LogP contribution in [0.25, 0.3) is 11.1 Å². The Bertz CT molecular complexity index is 396. The van der Waals surface area contributed by atoms with E-state index in [4.69, 9.17) is 27.6 Å². The molecule has 0 radical (unpaired) electrons. The molecule has 1 aromatic heterocycles. The molecule has 0 atom stereocenters. The van der Waals surface area contributed by atoms with Gasteiger partial charge in [-0.1, -0.05) is 23.2 Å². The van der Waals surface area contributed by atoms with E-state index >= 15 is 0 Å². The second kappa shape index (κ2) is 2.40. The highest BCUT2D eigenvalue weighted by molar-refractivity contribution is 6.38. The van der Waals surface area contributed by atoms with Gasteiger partial charge in [-0.25, -0.2) is 4.98 Å². The quantitative estimate of drug-likeness (QED) is 0.634. The summed E-state index contributed by atoms with van der Waals surface area (Å²) in [5.74, 6) is 0. The molecular weight excluding hydrogens is 185 g/mol. The first-order valence-corrected chi connectivity index (χ1v) is 3.71. The molecule has 11 heavy (non-hydrogen) atoms. The minimum Gasteiger partial charge on any atom is -0.443 e. The van der Waals surface area contributed by atoms with Crippen LogP contribution in [0.4, 0.5) is 0 Å². The van der Waals surface area contributed by atoms with Gasteiger partial charge in [0.25, 0.3) is 0 Å². The lowest BCUT2D eigenvalue weighted by molar-refractivity contribution is 0.602.